The number of rotatable bonds is 2. The van der Waals surface area contributed by atoms with Crippen molar-refractivity contribution in [3.05, 3.63) is 30.3 Å². The fourth-order valence-corrected chi connectivity index (χ4v) is 6.11. The highest BCUT2D eigenvalue weighted by Gasteiger charge is 2.66. The van der Waals surface area contributed by atoms with Gasteiger partial charge < -0.3 is 0 Å². The lowest BCUT2D eigenvalue weighted by Crippen LogP contribution is -2.58. The van der Waals surface area contributed by atoms with Crippen LogP contribution in [0.3, 0.4) is 0 Å². The van der Waals surface area contributed by atoms with E-state index in [4.69, 9.17) is 0 Å². The molecule has 2 aliphatic heterocycles. The standard InChI is InChI=1S/C13H15NO2S/c15-17(16,10-4-2-1-3-5-10)14-12-8-9-6-7-11(12)13(9)14/h1-5,9,11-13H,6-8H2. The van der Waals surface area contributed by atoms with E-state index in [2.05, 4.69) is 0 Å². The van der Waals surface area contributed by atoms with Gasteiger partial charge in [-0.3, -0.25) is 0 Å². The second-order valence-electron chi connectivity index (χ2n) is 5.44. The minimum absolute atomic E-state index is 0.309. The zero-order valence-corrected chi connectivity index (χ0v) is 10.3. The molecule has 1 aromatic carbocycles. The van der Waals surface area contributed by atoms with Crippen LogP contribution < -0.4 is 0 Å². The first-order chi connectivity index (χ1) is 8.19. The summed E-state index contributed by atoms with van der Waals surface area (Å²) in [7, 11) is -3.23. The average molecular weight is 249 g/mol. The van der Waals surface area contributed by atoms with Crippen molar-refractivity contribution in [1.82, 2.24) is 4.31 Å². The zero-order valence-electron chi connectivity index (χ0n) is 9.49. The molecule has 0 aromatic heterocycles. The summed E-state index contributed by atoms with van der Waals surface area (Å²) in [5.74, 6) is 1.31. The summed E-state index contributed by atoms with van der Waals surface area (Å²) < 4.78 is 26.8. The summed E-state index contributed by atoms with van der Waals surface area (Å²) in [4.78, 5) is 0.455. The Kier molecular flexibility index (Phi) is 1.85. The maximum absolute atomic E-state index is 12.5. The van der Waals surface area contributed by atoms with Crippen LogP contribution in [0.4, 0.5) is 0 Å². The molecule has 4 aliphatic rings. The predicted octanol–water partition coefficient (Wildman–Crippen LogP) is 1.86. The van der Waals surface area contributed by atoms with Crippen LogP contribution in [0.25, 0.3) is 0 Å². The highest BCUT2D eigenvalue weighted by atomic mass is 32.2. The molecular formula is C13H15NO2S. The Balaban J connectivity index is 1.73. The molecule has 4 unspecified atom stereocenters. The largest absolute Gasteiger partial charge is 0.243 e. The lowest BCUT2D eigenvalue weighted by molar-refractivity contribution is 0.0994. The summed E-state index contributed by atoms with van der Waals surface area (Å²) in [6.07, 6.45) is 3.56. The summed E-state index contributed by atoms with van der Waals surface area (Å²) >= 11 is 0. The van der Waals surface area contributed by atoms with Crippen molar-refractivity contribution in [2.75, 3.05) is 0 Å². The van der Waals surface area contributed by atoms with Gasteiger partial charge in [0.05, 0.1) is 4.90 Å². The minimum atomic E-state index is -3.23. The first-order valence-corrected chi connectivity index (χ1v) is 7.72. The molecule has 5 rings (SSSR count). The van der Waals surface area contributed by atoms with Crippen molar-refractivity contribution in [2.24, 2.45) is 11.8 Å². The molecule has 4 atom stereocenters. The van der Waals surface area contributed by atoms with E-state index in [1.54, 1.807) is 28.6 Å². The highest BCUT2D eigenvalue weighted by molar-refractivity contribution is 7.89. The Morgan fingerprint density at radius 3 is 2.47 bits per heavy atom. The van der Waals surface area contributed by atoms with E-state index in [0.717, 1.165) is 6.42 Å². The van der Waals surface area contributed by atoms with Crippen LogP contribution >= 0.6 is 0 Å². The van der Waals surface area contributed by atoms with Crippen LogP contribution in [0.5, 0.6) is 0 Å². The van der Waals surface area contributed by atoms with Gasteiger partial charge in [-0.05, 0) is 43.2 Å². The minimum Gasteiger partial charge on any atom is -0.207 e. The van der Waals surface area contributed by atoms with E-state index in [1.165, 1.54) is 12.8 Å². The molecule has 90 valence electrons. The molecule has 0 spiro atoms. The number of nitrogens with zero attached hydrogens (tertiary/aromatic N) is 1. The second-order valence-corrected chi connectivity index (χ2v) is 7.29. The third-order valence-corrected chi connectivity index (χ3v) is 6.71. The van der Waals surface area contributed by atoms with E-state index in [1.807, 2.05) is 6.07 Å². The second kappa shape index (κ2) is 3.12. The van der Waals surface area contributed by atoms with Gasteiger partial charge in [0.25, 0.3) is 0 Å². The van der Waals surface area contributed by atoms with Gasteiger partial charge in [0.15, 0.2) is 0 Å². The molecule has 2 saturated carbocycles. The molecular weight excluding hydrogens is 234 g/mol. The Morgan fingerprint density at radius 1 is 1.12 bits per heavy atom. The molecule has 0 N–H and O–H groups in total. The lowest BCUT2D eigenvalue weighted by Gasteiger charge is -2.45. The number of benzene rings is 1. The quantitative estimate of drug-likeness (QED) is 0.802. The van der Waals surface area contributed by atoms with Crippen LogP contribution in [0, 0.1) is 11.8 Å². The molecule has 4 heteroatoms. The summed E-state index contributed by atoms with van der Waals surface area (Å²) in [6.45, 7) is 0. The van der Waals surface area contributed by atoms with Crippen LogP contribution in [0.2, 0.25) is 0 Å². The summed E-state index contributed by atoms with van der Waals surface area (Å²) in [6, 6.07) is 9.48. The summed E-state index contributed by atoms with van der Waals surface area (Å²) in [5.41, 5.74) is 0. The van der Waals surface area contributed by atoms with Gasteiger partial charge in [0.2, 0.25) is 10.0 Å². The molecule has 2 heterocycles. The normalized spacial score (nSPS) is 39.3. The molecule has 4 fully saturated rings. The van der Waals surface area contributed by atoms with Gasteiger partial charge in [-0.25, -0.2) is 8.42 Å². The van der Waals surface area contributed by atoms with Crippen LogP contribution in [0.1, 0.15) is 19.3 Å². The van der Waals surface area contributed by atoms with Crippen LogP contribution in [-0.4, -0.2) is 24.8 Å². The maximum Gasteiger partial charge on any atom is 0.243 e. The molecule has 0 radical (unpaired) electrons. The zero-order chi connectivity index (χ0) is 11.6. The third kappa shape index (κ3) is 1.13. The first-order valence-electron chi connectivity index (χ1n) is 6.28. The molecule has 2 aliphatic carbocycles. The molecule has 2 saturated heterocycles. The van der Waals surface area contributed by atoms with Crippen LogP contribution in [0.15, 0.2) is 35.2 Å². The van der Waals surface area contributed by atoms with Crippen molar-refractivity contribution in [2.45, 2.75) is 36.2 Å². The SMILES string of the molecule is O=S(=O)(c1ccccc1)N1C2CC3CCC2C31. The van der Waals surface area contributed by atoms with E-state index < -0.39 is 10.0 Å². The molecule has 0 amide bonds. The predicted molar refractivity (Wildman–Crippen MR) is 63.9 cm³/mol. The Morgan fingerprint density at radius 2 is 1.88 bits per heavy atom. The number of hydrogen-bond donors (Lipinski definition) is 0. The average Bonchev–Trinajstić information content (AvgIpc) is 2.95. The first kappa shape index (κ1) is 10.1. The van der Waals surface area contributed by atoms with Crippen molar-refractivity contribution in [3.8, 4) is 0 Å². The third-order valence-electron chi connectivity index (χ3n) is 4.77. The molecule has 3 nitrogen and oxygen atoms in total. The highest BCUT2D eigenvalue weighted by Crippen LogP contribution is 2.60. The Bertz CT molecular complexity index is 548. The maximum atomic E-state index is 12.5. The van der Waals surface area contributed by atoms with Gasteiger partial charge in [-0.1, -0.05) is 18.2 Å². The van der Waals surface area contributed by atoms with Gasteiger partial charge in [0, 0.05) is 12.1 Å². The van der Waals surface area contributed by atoms with Gasteiger partial charge in [-0.15, -0.1) is 0 Å². The van der Waals surface area contributed by atoms with Crippen molar-refractivity contribution in [1.29, 1.82) is 0 Å². The Labute approximate surface area is 101 Å². The summed E-state index contributed by atoms with van der Waals surface area (Å²) in [5, 5.41) is 0. The lowest BCUT2D eigenvalue weighted by atomic mass is 9.91. The van der Waals surface area contributed by atoms with Crippen molar-refractivity contribution in [3.63, 3.8) is 0 Å². The molecule has 1 aromatic rings. The van der Waals surface area contributed by atoms with E-state index in [9.17, 15) is 8.42 Å². The Hall–Kier alpha value is -0.870. The van der Waals surface area contributed by atoms with Gasteiger partial charge in [-0.2, -0.15) is 4.31 Å². The number of hydrogen-bond acceptors (Lipinski definition) is 2. The number of sulfonamides is 1. The smallest absolute Gasteiger partial charge is 0.207 e. The van der Waals surface area contributed by atoms with Crippen molar-refractivity contribution >= 4 is 10.0 Å². The molecule has 4 bridgehead atoms. The van der Waals surface area contributed by atoms with Gasteiger partial charge in [0.1, 0.15) is 0 Å². The fourth-order valence-electron chi connectivity index (χ4n) is 4.12. The molecule has 17 heavy (non-hydrogen) atoms. The van der Waals surface area contributed by atoms with Crippen molar-refractivity contribution < 1.29 is 8.42 Å². The van der Waals surface area contributed by atoms with E-state index in [-0.39, 0.29) is 0 Å². The van der Waals surface area contributed by atoms with E-state index in [0.29, 0.717) is 28.8 Å². The monoisotopic (exact) mass is 249 g/mol. The van der Waals surface area contributed by atoms with E-state index >= 15 is 0 Å². The fraction of sp³-hybridized carbons (Fsp3) is 0.538. The van der Waals surface area contributed by atoms with Crippen LogP contribution in [-0.2, 0) is 10.0 Å². The topological polar surface area (TPSA) is 37.4 Å². The van der Waals surface area contributed by atoms with Gasteiger partial charge >= 0.3 is 0 Å².